The van der Waals surface area contributed by atoms with Crippen molar-refractivity contribution in [3.05, 3.63) is 41.0 Å². The van der Waals surface area contributed by atoms with Crippen molar-refractivity contribution in [2.45, 2.75) is 44.4 Å². The lowest BCUT2D eigenvalue weighted by Gasteiger charge is -2.45. The van der Waals surface area contributed by atoms with Crippen LogP contribution in [0.25, 0.3) is 6.08 Å². The van der Waals surface area contributed by atoms with Crippen molar-refractivity contribution in [1.29, 1.82) is 0 Å². The minimum absolute atomic E-state index is 0.172. The van der Waals surface area contributed by atoms with E-state index >= 15 is 0 Å². The van der Waals surface area contributed by atoms with Crippen LogP contribution in [0.15, 0.2) is 29.8 Å². The molecule has 1 atom stereocenters. The number of benzene rings is 1. The summed E-state index contributed by atoms with van der Waals surface area (Å²) in [5.41, 5.74) is 4.87. The predicted octanol–water partition coefficient (Wildman–Crippen LogP) is 4.90. The third-order valence-corrected chi connectivity index (χ3v) is 6.95. The SMILES string of the molecule is CC(C)(C)NS(C)(C)C1C(C2CC2)=Cc2ccccc21. The third-order valence-electron chi connectivity index (χ3n) is 4.11. The van der Waals surface area contributed by atoms with Gasteiger partial charge in [-0.15, -0.1) is 0 Å². The molecule has 1 N–H and O–H groups in total. The van der Waals surface area contributed by atoms with Crippen molar-refractivity contribution in [2.75, 3.05) is 12.5 Å². The molecule has 1 aromatic rings. The molecular formula is C18H27NS. The van der Waals surface area contributed by atoms with Crippen LogP contribution in [0.5, 0.6) is 0 Å². The molecule has 110 valence electrons. The summed E-state index contributed by atoms with van der Waals surface area (Å²) in [6, 6.07) is 8.99. The molecule has 1 nitrogen and oxygen atoms in total. The zero-order chi connectivity index (χ0) is 14.5. The fourth-order valence-electron chi connectivity index (χ4n) is 3.57. The van der Waals surface area contributed by atoms with Gasteiger partial charge < -0.3 is 0 Å². The number of rotatable bonds is 3. The molecule has 3 rings (SSSR count). The topological polar surface area (TPSA) is 12.0 Å². The molecule has 0 spiro atoms. The Morgan fingerprint density at radius 3 is 2.35 bits per heavy atom. The third kappa shape index (κ3) is 2.68. The first kappa shape index (κ1) is 14.2. The normalized spacial score (nSPS) is 23.4. The van der Waals surface area contributed by atoms with Crippen LogP contribution in [-0.2, 0) is 0 Å². The van der Waals surface area contributed by atoms with E-state index in [9.17, 15) is 0 Å². The maximum atomic E-state index is 3.93. The van der Waals surface area contributed by atoms with Gasteiger partial charge in [-0.05, 0) is 68.7 Å². The number of hydrogen-bond acceptors (Lipinski definition) is 1. The van der Waals surface area contributed by atoms with Crippen molar-refractivity contribution in [3.8, 4) is 0 Å². The molecule has 0 aliphatic heterocycles. The summed E-state index contributed by atoms with van der Waals surface area (Å²) in [6.07, 6.45) is 10.2. The monoisotopic (exact) mass is 289 g/mol. The second kappa shape index (κ2) is 4.64. The Hall–Kier alpha value is -0.730. The van der Waals surface area contributed by atoms with Gasteiger partial charge in [0.2, 0.25) is 0 Å². The Bertz CT molecular complexity index is 547. The Labute approximate surface area is 125 Å². The molecule has 0 heterocycles. The molecule has 1 saturated carbocycles. The van der Waals surface area contributed by atoms with Crippen LogP contribution in [0, 0.1) is 5.92 Å². The number of hydrogen-bond donors (Lipinski definition) is 1. The zero-order valence-electron chi connectivity index (χ0n) is 13.4. The minimum atomic E-state index is -0.904. The summed E-state index contributed by atoms with van der Waals surface area (Å²) in [4.78, 5) is 0. The van der Waals surface area contributed by atoms with Crippen LogP contribution < -0.4 is 4.72 Å². The average molecular weight is 289 g/mol. The van der Waals surface area contributed by atoms with Crippen molar-refractivity contribution in [2.24, 2.45) is 5.92 Å². The smallest absolute Gasteiger partial charge is 0.0470 e. The highest BCUT2D eigenvalue weighted by molar-refractivity contribution is 8.31. The van der Waals surface area contributed by atoms with E-state index in [0.29, 0.717) is 5.25 Å². The van der Waals surface area contributed by atoms with Crippen LogP contribution in [0.4, 0.5) is 0 Å². The van der Waals surface area contributed by atoms with Gasteiger partial charge in [0.05, 0.1) is 0 Å². The van der Waals surface area contributed by atoms with Gasteiger partial charge in [-0.2, -0.15) is 10.2 Å². The molecule has 2 aliphatic rings. The summed E-state index contributed by atoms with van der Waals surface area (Å²) in [7, 11) is -0.904. The first-order valence-electron chi connectivity index (χ1n) is 7.59. The largest absolute Gasteiger partial charge is 0.275 e. The summed E-state index contributed by atoms with van der Waals surface area (Å²) >= 11 is 0. The Morgan fingerprint density at radius 1 is 1.10 bits per heavy atom. The van der Waals surface area contributed by atoms with Gasteiger partial charge in [0.25, 0.3) is 0 Å². The highest BCUT2D eigenvalue weighted by atomic mass is 32.3. The van der Waals surface area contributed by atoms with Crippen LogP contribution in [-0.4, -0.2) is 18.1 Å². The van der Waals surface area contributed by atoms with Gasteiger partial charge >= 0.3 is 0 Å². The Kier molecular flexibility index (Phi) is 3.30. The molecule has 0 saturated heterocycles. The fraction of sp³-hybridized carbons (Fsp3) is 0.556. The Balaban J connectivity index is 1.99. The summed E-state index contributed by atoms with van der Waals surface area (Å²) in [6.45, 7) is 6.84. The fourth-order valence-corrected chi connectivity index (χ4v) is 7.06. The molecule has 0 radical (unpaired) electrons. The van der Waals surface area contributed by atoms with Crippen molar-refractivity contribution in [3.63, 3.8) is 0 Å². The molecular weight excluding hydrogens is 262 g/mol. The van der Waals surface area contributed by atoms with Crippen molar-refractivity contribution >= 4 is 16.3 Å². The lowest BCUT2D eigenvalue weighted by molar-refractivity contribution is 0.529. The molecule has 2 aliphatic carbocycles. The maximum Gasteiger partial charge on any atom is 0.0470 e. The predicted molar refractivity (Wildman–Crippen MR) is 92.2 cm³/mol. The molecule has 0 aromatic heterocycles. The standard InChI is InChI=1S/C18H27NS/c1-18(2,3)19-20(4,5)17-15-9-7-6-8-14(15)12-16(17)13-10-11-13/h6-9,12-13,17,19H,10-11H2,1-5H3. The summed E-state index contributed by atoms with van der Waals surface area (Å²) in [5, 5.41) is 0.602. The lowest BCUT2D eigenvalue weighted by Crippen LogP contribution is -2.39. The van der Waals surface area contributed by atoms with E-state index in [4.69, 9.17) is 0 Å². The van der Waals surface area contributed by atoms with Crippen LogP contribution >= 0.6 is 10.2 Å². The molecule has 2 heteroatoms. The highest BCUT2D eigenvalue weighted by Crippen LogP contribution is 2.63. The van der Waals surface area contributed by atoms with Crippen LogP contribution in [0.3, 0.4) is 0 Å². The average Bonchev–Trinajstić information content (AvgIpc) is 3.05. The molecule has 1 unspecified atom stereocenters. The van der Waals surface area contributed by atoms with E-state index in [1.807, 2.05) is 0 Å². The molecule has 20 heavy (non-hydrogen) atoms. The van der Waals surface area contributed by atoms with Gasteiger partial charge in [-0.1, -0.05) is 30.3 Å². The molecule has 0 amide bonds. The van der Waals surface area contributed by atoms with E-state index in [0.717, 1.165) is 5.92 Å². The molecule has 1 fully saturated rings. The minimum Gasteiger partial charge on any atom is -0.275 e. The van der Waals surface area contributed by atoms with Gasteiger partial charge in [0.1, 0.15) is 0 Å². The second-order valence-electron chi connectivity index (χ2n) is 7.69. The van der Waals surface area contributed by atoms with Gasteiger partial charge in [0.15, 0.2) is 0 Å². The highest BCUT2D eigenvalue weighted by Gasteiger charge is 2.42. The van der Waals surface area contributed by atoms with Gasteiger partial charge in [-0.3, -0.25) is 4.72 Å². The number of fused-ring (bicyclic) bond motifs is 1. The first-order chi connectivity index (χ1) is 9.28. The van der Waals surface area contributed by atoms with E-state index in [2.05, 4.69) is 68.3 Å². The maximum absolute atomic E-state index is 3.93. The van der Waals surface area contributed by atoms with Crippen molar-refractivity contribution < 1.29 is 0 Å². The molecule has 1 aromatic carbocycles. The lowest BCUT2D eigenvalue weighted by atomic mass is 10.1. The second-order valence-corrected chi connectivity index (χ2v) is 11.2. The van der Waals surface area contributed by atoms with Gasteiger partial charge in [0, 0.05) is 10.8 Å². The Morgan fingerprint density at radius 2 is 1.75 bits per heavy atom. The zero-order valence-corrected chi connectivity index (χ0v) is 14.2. The number of nitrogens with one attached hydrogen (secondary N) is 1. The van der Waals surface area contributed by atoms with Crippen molar-refractivity contribution in [1.82, 2.24) is 4.72 Å². The first-order valence-corrected chi connectivity index (χ1v) is 10.1. The molecule has 0 bridgehead atoms. The van der Waals surface area contributed by atoms with Crippen LogP contribution in [0.1, 0.15) is 50.0 Å². The van der Waals surface area contributed by atoms with Crippen LogP contribution in [0.2, 0.25) is 0 Å². The quantitative estimate of drug-likeness (QED) is 0.834. The van der Waals surface area contributed by atoms with E-state index in [-0.39, 0.29) is 5.54 Å². The summed E-state index contributed by atoms with van der Waals surface area (Å²) < 4.78 is 3.93. The van der Waals surface area contributed by atoms with E-state index in [1.54, 1.807) is 11.1 Å². The van der Waals surface area contributed by atoms with Gasteiger partial charge in [-0.25, -0.2) is 0 Å². The van der Waals surface area contributed by atoms with E-state index < -0.39 is 10.2 Å². The summed E-state index contributed by atoms with van der Waals surface area (Å²) in [5.74, 6) is 0.848. The van der Waals surface area contributed by atoms with E-state index in [1.165, 1.54) is 18.4 Å².